The molecule has 0 bridgehead atoms. The summed E-state index contributed by atoms with van der Waals surface area (Å²) in [5, 5.41) is 5.21. The Labute approximate surface area is 184 Å². The molecule has 2 aromatic carbocycles. The molecule has 1 saturated carbocycles. The van der Waals surface area contributed by atoms with Crippen molar-refractivity contribution >= 4 is 35.0 Å². The number of nitrogens with two attached hydrogens (primary N) is 1. The molecule has 0 spiro atoms. The van der Waals surface area contributed by atoms with E-state index in [0.717, 1.165) is 36.5 Å². The van der Waals surface area contributed by atoms with Crippen LogP contribution in [0.15, 0.2) is 42.5 Å². The predicted octanol–water partition coefficient (Wildman–Crippen LogP) is 3.75. The van der Waals surface area contributed by atoms with E-state index in [1.54, 1.807) is 0 Å². The van der Waals surface area contributed by atoms with E-state index in [2.05, 4.69) is 5.32 Å². The average molecular weight is 430 g/mol. The molecule has 0 radical (unpaired) electrons. The minimum absolute atomic E-state index is 0. The van der Waals surface area contributed by atoms with Crippen molar-refractivity contribution < 1.29 is 9.59 Å². The lowest BCUT2D eigenvalue weighted by atomic mass is 9.84. The first-order valence-electron chi connectivity index (χ1n) is 10.9. The number of nitrogens with zero attached hydrogens (tertiary/aromatic N) is 1. The molecule has 162 valence electrons. The Kier molecular flexibility index (Phi) is 7.37. The van der Waals surface area contributed by atoms with Crippen LogP contribution in [0.25, 0.3) is 10.8 Å². The van der Waals surface area contributed by atoms with Gasteiger partial charge in [0.05, 0.1) is 0 Å². The third-order valence-corrected chi connectivity index (χ3v) is 6.65. The van der Waals surface area contributed by atoms with E-state index in [1.807, 2.05) is 54.3 Å². The molecule has 2 aromatic rings. The number of nitrogens with one attached hydrogen (secondary N) is 1. The van der Waals surface area contributed by atoms with Gasteiger partial charge in [0.25, 0.3) is 5.91 Å². The summed E-state index contributed by atoms with van der Waals surface area (Å²) in [6, 6.07) is 13.7. The van der Waals surface area contributed by atoms with Crippen LogP contribution in [0.2, 0.25) is 0 Å². The van der Waals surface area contributed by atoms with E-state index < -0.39 is 0 Å². The average Bonchev–Trinajstić information content (AvgIpc) is 3.16. The van der Waals surface area contributed by atoms with Crippen molar-refractivity contribution in [3.05, 3.63) is 48.0 Å². The quantitative estimate of drug-likeness (QED) is 0.760. The number of benzene rings is 2. The predicted molar refractivity (Wildman–Crippen MR) is 123 cm³/mol. The van der Waals surface area contributed by atoms with Crippen LogP contribution in [0, 0.1) is 11.8 Å². The van der Waals surface area contributed by atoms with Crippen molar-refractivity contribution in [1.82, 2.24) is 10.2 Å². The summed E-state index contributed by atoms with van der Waals surface area (Å²) >= 11 is 0. The minimum atomic E-state index is -0.382. The fraction of sp³-hybridized carbons (Fsp3) is 0.500. The molecular formula is C24H32ClN3O2. The van der Waals surface area contributed by atoms with Crippen LogP contribution in [-0.2, 0) is 4.79 Å². The number of hydrogen-bond acceptors (Lipinski definition) is 3. The van der Waals surface area contributed by atoms with Crippen molar-refractivity contribution in [2.45, 2.75) is 51.1 Å². The molecule has 1 heterocycles. The second-order valence-electron chi connectivity index (χ2n) is 8.72. The molecule has 4 rings (SSSR count). The lowest BCUT2D eigenvalue weighted by molar-refractivity contribution is -0.125. The highest BCUT2D eigenvalue weighted by molar-refractivity contribution is 6.01. The number of carbonyl (C=O) groups excluding carboxylic acids is 2. The van der Waals surface area contributed by atoms with E-state index in [1.165, 1.54) is 6.42 Å². The van der Waals surface area contributed by atoms with Crippen molar-refractivity contribution in [2.75, 3.05) is 13.1 Å². The summed E-state index contributed by atoms with van der Waals surface area (Å²) in [5.74, 6) is 0.606. The number of halogens is 1. The molecular weight excluding hydrogens is 398 g/mol. The van der Waals surface area contributed by atoms with Crippen molar-refractivity contribution in [3.63, 3.8) is 0 Å². The van der Waals surface area contributed by atoms with Gasteiger partial charge in [0, 0.05) is 18.2 Å². The van der Waals surface area contributed by atoms with E-state index in [-0.39, 0.29) is 42.2 Å². The standard InChI is InChI=1S/C24H31N3O2.ClH/c1-16(14-25)15-26-23(28)22-13-19-8-4-5-9-21(19)27(22)24(29)20-11-10-17-6-2-3-7-18(17)12-20;/h2-3,6-7,10-12,16,19,21-22H,4-5,8-9,13-15,25H2,1H3,(H,26,28);1H. The summed E-state index contributed by atoms with van der Waals surface area (Å²) in [4.78, 5) is 28.5. The number of rotatable bonds is 5. The zero-order chi connectivity index (χ0) is 20.4. The third-order valence-electron chi connectivity index (χ3n) is 6.65. The highest BCUT2D eigenvalue weighted by Crippen LogP contribution is 2.40. The third kappa shape index (κ3) is 4.47. The van der Waals surface area contributed by atoms with Gasteiger partial charge < -0.3 is 16.0 Å². The van der Waals surface area contributed by atoms with Crippen molar-refractivity contribution in [2.24, 2.45) is 17.6 Å². The van der Waals surface area contributed by atoms with Gasteiger partial charge in [-0.05, 0) is 60.5 Å². The first-order chi connectivity index (χ1) is 14.1. The molecule has 1 aliphatic carbocycles. The maximum absolute atomic E-state index is 13.6. The Morgan fingerprint density at radius 3 is 2.63 bits per heavy atom. The fourth-order valence-electron chi connectivity index (χ4n) is 4.93. The number of amides is 2. The molecule has 2 amide bonds. The van der Waals surface area contributed by atoms with Gasteiger partial charge in [-0.25, -0.2) is 0 Å². The van der Waals surface area contributed by atoms with Gasteiger partial charge in [-0.3, -0.25) is 9.59 Å². The normalized spacial score (nSPS) is 24.1. The molecule has 2 aliphatic rings. The fourth-order valence-corrected chi connectivity index (χ4v) is 4.93. The number of likely N-dealkylation sites (tertiary alicyclic amines) is 1. The Morgan fingerprint density at radius 2 is 1.87 bits per heavy atom. The summed E-state index contributed by atoms with van der Waals surface area (Å²) in [7, 11) is 0. The second kappa shape index (κ2) is 9.80. The van der Waals surface area contributed by atoms with Gasteiger partial charge in [0.2, 0.25) is 5.91 Å². The van der Waals surface area contributed by atoms with Gasteiger partial charge in [0.15, 0.2) is 0 Å². The molecule has 2 fully saturated rings. The van der Waals surface area contributed by atoms with E-state index in [9.17, 15) is 9.59 Å². The lowest BCUT2D eigenvalue weighted by Crippen LogP contribution is -2.50. The highest BCUT2D eigenvalue weighted by Gasteiger charge is 2.47. The van der Waals surface area contributed by atoms with Crippen LogP contribution in [-0.4, -0.2) is 41.9 Å². The highest BCUT2D eigenvalue weighted by atomic mass is 35.5. The molecule has 5 nitrogen and oxygen atoms in total. The SMILES string of the molecule is CC(CN)CNC(=O)C1CC2CCCCC2N1C(=O)c1ccc2ccccc2c1.Cl. The van der Waals surface area contributed by atoms with Crippen LogP contribution < -0.4 is 11.1 Å². The van der Waals surface area contributed by atoms with Crippen LogP contribution in [0.3, 0.4) is 0 Å². The molecule has 1 saturated heterocycles. The van der Waals surface area contributed by atoms with Gasteiger partial charge in [0.1, 0.15) is 6.04 Å². The van der Waals surface area contributed by atoms with E-state index in [0.29, 0.717) is 24.6 Å². The van der Waals surface area contributed by atoms with Gasteiger partial charge in [-0.1, -0.05) is 50.1 Å². The lowest BCUT2D eigenvalue weighted by Gasteiger charge is -2.33. The maximum Gasteiger partial charge on any atom is 0.254 e. The van der Waals surface area contributed by atoms with Crippen LogP contribution in [0.4, 0.5) is 0 Å². The molecule has 4 unspecified atom stereocenters. The molecule has 30 heavy (non-hydrogen) atoms. The first kappa shape index (κ1) is 22.6. The Bertz CT molecular complexity index is 903. The van der Waals surface area contributed by atoms with Crippen LogP contribution in [0.5, 0.6) is 0 Å². The van der Waals surface area contributed by atoms with Gasteiger partial charge in [-0.2, -0.15) is 0 Å². The summed E-state index contributed by atoms with van der Waals surface area (Å²) in [5.41, 5.74) is 6.36. The van der Waals surface area contributed by atoms with E-state index in [4.69, 9.17) is 5.73 Å². The number of fused-ring (bicyclic) bond motifs is 2. The topological polar surface area (TPSA) is 75.4 Å². The first-order valence-corrected chi connectivity index (χ1v) is 10.9. The number of hydrogen-bond donors (Lipinski definition) is 2. The summed E-state index contributed by atoms with van der Waals surface area (Å²) in [6.07, 6.45) is 5.19. The molecule has 0 aromatic heterocycles. The van der Waals surface area contributed by atoms with Crippen molar-refractivity contribution in [3.8, 4) is 0 Å². The molecule has 6 heteroatoms. The Morgan fingerprint density at radius 1 is 1.13 bits per heavy atom. The number of carbonyl (C=O) groups is 2. The smallest absolute Gasteiger partial charge is 0.254 e. The van der Waals surface area contributed by atoms with Crippen molar-refractivity contribution in [1.29, 1.82) is 0 Å². The zero-order valence-corrected chi connectivity index (χ0v) is 18.4. The van der Waals surface area contributed by atoms with Gasteiger partial charge in [-0.15, -0.1) is 12.4 Å². The second-order valence-corrected chi connectivity index (χ2v) is 8.72. The zero-order valence-electron chi connectivity index (χ0n) is 17.5. The van der Waals surface area contributed by atoms with Crippen LogP contribution in [0.1, 0.15) is 49.4 Å². The Hall–Kier alpha value is -2.11. The summed E-state index contributed by atoms with van der Waals surface area (Å²) in [6.45, 7) is 3.11. The molecule has 4 atom stereocenters. The van der Waals surface area contributed by atoms with E-state index >= 15 is 0 Å². The molecule has 1 aliphatic heterocycles. The largest absolute Gasteiger partial charge is 0.354 e. The van der Waals surface area contributed by atoms with Crippen LogP contribution >= 0.6 is 12.4 Å². The molecule has 3 N–H and O–H groups in total. The maximum atomic E-state index is 13.6. The van der Waals surface area contributed by atoms with Gasteiger partial charge >= 0.3 is 0 Å². The minimum Gasteiger partial charge on any atom is -0.354 e. The summed E-state index contributed by atoms with van der Waals surface area (Å²) < 4.78 is 0. The monoisotopic (exact) mass is 429 g/mol. The Balaban J connectivity index is 0.00000256.